The fourth-order valence-corrected chi connectivity index (χ4v) is 3.08. The number of carbonyl (C=O) groups is 1. The highest BCUT2D eigenvalue weighted by Gasteiger charge is 2.08. The first-order chi connectivity index (χ1) is 11.7. The van der Waals surface area contributed by atoms with Gasteiger partial charge in [0.05, 0.1) is 12.8 Å². The lowest BCUT2D eigenvalue weighted by Crippen LogP contribution is -2.12. The number of nitrogens with zero attached hydrogens (tertiary/aromatic N) is 1. The summed E-state index contributed by atoms with van der Waals surface area (Å²) in [5, 5.41) is 5.45. The molecule has 0 aliphatic carbocycles. The van der Waals surface area contributed by atoms with Crippen LogP contribution in [0.5, 0.6) is 5.75 Å². The minimum atomic E-state index is -0.0354. The van der Waals surface area contributed by atoms with Gasteiger partial charge in [-0.1, -0.05) is 42.5 Å². The Morgan fingerprint density at radius 2 is 2.00 bits per heavy atom. The summed E-state index contributed by atoms with van der Waals surface area (Å²) < 4.78 is 5.19. The number of hydrogen-bond donors (Lipinski definition) is 1. The predicted molar refractivity (Wildman–Crippen MR) is 97.5 cm³/mol. The van der Waals surface area contributed by atoms with Crippen molar-refractivity contribution in [3.8, 4) is 17.0 Å². The average molecular weight is 338 g/mol. The summed E-state index contributed by atoms with van der Waals surface area (Å²) in [6.45, 7) is 0. The molecule has 0 aliphatic heterocycles. The van der Waals surface area contributed by atoms with Gasteiger partial charge in [-0.2, -0.15) is 0 Å². The van der Waals surface area contributed by atoms with Gasteiger partial charge in [0.1, 0.15) is 5.75 Å². The number of nitrogens with one attached hydrogen (secondary N) is 1. The highest BCUT2D eigenvalue weighted by molar-refractivity contribution is 7.14. The molecule has 4 nitrogen and oxygen atoms in total. The van der Waals surface area contributed by atoms with E-state index in [-0.39, 0.29) is 5.91 Å². The number of amides is 1. The van der Waals surface area contributed by atoms with Gasteiger partial charge in [-0.25, -0.2) is 4.98 Å². The van der Waals surface area contributed by atoms with Crippen LogP contribution in [0, 0.1) is 0 Å². The highest BCUT2D eigenvalue weighted by Crippen LogP contribution is 2.24. The molecule has 24 heavy (non-hydrogen) atoms. The molecule has 0 atom stereocenters. The van der Waals surface area contributed by atoms with Gasteiger partial charge in [-0.3, -0.25) is 4.79 Å². The van der Waals surface area contributed by atoms with E-state index >= 15 is 0 Å². The van der Waals surface area contributed by atoms with Gasteiger partial charge in [-0.05, 0) is 24.1 Å². The number of hydrogen-bond acceptors (Lipinski definition) is 4. The number of anilines is 1. The quantitative estimate of drug-likeness (QED) is 0.725. The maximum atomic E-state index is 12.1. The second-order valence-corrected chi connectivity index (χ2v) is 6.16. The lowest BCUT2D eigenvalue weighted by atomic mass is 10.1. The summed E-state index contributed by atoms with van der Waals surface area (Å²) in [6.07, 6.45) is 1.08. The van der Waals surface area contributed by atoms with Gasteiger partial charge in [0.25, 0.3) is 0 Å². The molecule has 0 aliphatic rings. The molecule has 1 N–H and O–H groups in total. The topological polar surface area (TPSA) is 51.2 Å². The fourth-order valence-electron chi connectivity index (χ4n) is 2.34. The van der Waals surface area contributed by atoms with E-state index in [0.717, 1.165) is 22.6 Å². The van der Waals surface area contributed by atoms with E-state index in [9.17, 15) is 4.79 Å². The summed E-state index contributed by atoms with van der Waals surface area (Å²) >= 11 is 1.44. The Balaban J connectivity index is 1.56. The minimum Gasteiger partial charge on any atom is -0.497 e. The van der Waals surface area contributed by atoms with E-state index in [1.807, 2.05) is 60.0 Å². The number of rotatable bonds is 6. The summed E-state index contributed by atoms with van der Waals surface area (Å²) in [7, 11) is 1.64. The average Bonchev–Trinajstić information content (AvgIpc) is 3.09. The van der Waals surface area contributed by atoms with Gasteiger partial charge in [0.15, 0.2) is 5.13 Å². The Morgan fingerprint density at radius 3 is 2.79 bits per heavy atom. The second-order valence-electron chi connectivity index (χ2n) is 5.30. The summed E-state index contributed by atoms with van der Waals surface area (Å²) in [5.41, 5.74) is 3.00. The van der Waals surface area contributed by atoms with Crippen LogP contribution in [0.2, 0.25) is 0 Å². The van der Waals surface area contributed by atoms with E-state index < -0.39 is 0 Å². The first-order valence-electron chi connectivity index (χ1n) is 7.68. The Kier molecular flexibility index (Phi) is 5.23. The molecule has 0 saturated carbocycles. The van der Waals surface area contributed by atoms with Gasteiger partial charge in [0.2, 0.25) is 5.91 Å². The van der Waals surface area contributed by atoms with E-state index in [2.05, 4.69) is 10.3 Å². The zero-order chi connectivity index (χ0) is 16.8. The predicted octanol–water partition coefficient (Wildman–Crippen LogP) is 4.39. The molecule has 0 fully saturated rings. The molecule has 0 saturated heterocycles. The summed E-state index contributed by atoms with van der Waals surface area (Å²) in [4.78, 5) is 16.6. The van der Waals surface area contributed by atoms with Crippen molar-refractivity contribution < 1.29 is 9.53 Å². The number of carbonyl (C=O) groups excluding carboxylic acids is 1. The van der Waals surface area contributed by atoms with Crippen molar-refractivity contribution in [1.29, 1.82) is 0 Å². The van der Waals surface area contributed by atoms with E-state index in [1.54, 1.807) is 7.11 Å². The molecule has 0 spiro atoms. The van der Waals surface area contributed by atoms with Gasteiger partial charge in [0, 0.05) is 17.4 Å². The molecule has 3 rings (SSSR count). The Bertz CT molecular complexity index is 815. The fraction of sp³-hybridized carbons (Fsp3) is 0.158. The van der Waals surface area contributed by atoms with Crippen molar-refractivity contribution in [1.82, 2.24) is 4.98 Å². The summed E-state index contributed by atoms with van der Waals surface area (Å²) in [6, 6.07) is 17.7. The van der Waals surface area contributed by atoms with E-state index in [0.29, 0.717) is 18.0 Å². The Hall–Kier alpha value is -2.66. The van der Waals surface area contributed by atoms with Crippen LogP contribution in [0.3, 0.4) is 0 Å². The minimum absolute atomic E-state index is 0.0354. The van der Waals surface area contributed by atoms with Crippen molar-refractivity contribution in [2.75, 3.05) is 12.4 Å². The molecule has 1 aromatic heterocycles. The van der Waals surface area contributed by atoms with Gasteiger partial charge >= 0.3 is 0 Å². The monoisotopic (exact) mass is 338 g/mol. The van der Waals surface area contributed by atoms with Crippen molar-refractivity contribution in [3.05, 3.63) is 65.5 Å². The maximum Gasteiger partial charge on any atom is 0.226 e. The highest BCUT2D eigenvalue weighted by atomic mass is 32.1. The molecule has 3 aromatic rings. The van der Waals surface area contributed by atoms with Gasteiger partial charge < -0.3 is 10.1 Å². The molecule has 1 heterocycles. The lowest BCUT2D eigenvalue weighted by molar-refractivity contribution is -0.116. The van der Waals surface area contributed by atoms with E-state index in [4.69, 9.17) is 4.74 Å². The third-order valence-corrected chi connectivity index (χ3v) is 4.35. The van der Waals surface area contributed by atoms with Crippen LogP contribution < -0.4 is 10.1 Å². The number of aryl methyl sites for hydroxylation is 1. The molecule has 5 heteroatoms. The summed E-state index contributed by atoms with van der Waals surface area (Å²) in [5.74, 6) is 0.770. The van der Waals surface area contributed by atoms with Gasteiger partial charge in [-0.15, -0.1) is 11.3 Å². The van der Waals surface area contributed by atoms with Crippen LogP contribution in [-0.2, 0) is 11.2 Å². The molecule has 1 amide bonds. The first kappa shape index (κ1) is 16.2. The molecule has 0 bridgehead atoms. The smallest absolute Gasteiger partial charge is 0.226 e. The zero-order valence-electron chi connectivity index (χ0n) is 13.4. The number of aromatic nitrogens is 1. The number of benzene rings is 2. The van der Waals surface area contributed by atoms with Crippen LogP contribution in [0.4, 0.5) is 5.13 Å². The normalized spacial score (nSPS) is 10.4. The van der Waals surface area contributed by atoms with Crippen molar-refractivity contribution in [2.24, 2.45) is 0 Å². The van der Waals surface area contributed by atoms with Crippen LogP contribution >= 0.6 is 11.3 Å². The third-order valence-electron chi connectivity index (χ3n) is 3.59. The molecule has 2 aromatic carbocycles. The Labute approximate surface area is 145 Å². The molecule has 122 valence electrons. The third kappa shape index (κ3) is 4.20. The maximum absolute atomic E-state index is 12.1. The van der Waals surface area contributed by atoms with Crippen molar-refractivity contribution in [2.45, 2.75) is 12.8 Å². The largest absolute Gasteiger partial charge is 0.497 e. The van der Waals surface area contributed by atoms with Crippen LogP contribution in [-0.4, -0.2) is 18.0 Å². The van der Waals surface area contributed by atoms with E-state index in [1.165, 1.54) is 11.3 Å². The van der Waals surface area contributed by atoms with Crippen LogP contribution in [0.25, 0.3) is 11.3 Å². The van der Waals surface area contributed by atoms with Crippen LogP contribution in [0.15, 0.2) is 60.0 Å². The number of ether oxygens (including phenoxy) is 1. The second kappa shape index (κ2) is 7.75. The standard InChI is InChI=1S/C19H18N2O2S/c1-23-16-9-5-6-14(12-16)10-11-18(22)21-19-20-17(13-24-19)15-7-3-2-4-8-15/h2-9,12-13H,10-11H2,1H3,(H,20,21,22). The van der Waals surface area contributed by atoms with Crippen molar-refractivity contribution in [3.63, 3.8) is 0 Å². The SMILES string of the molecule is COc1cccc(CCC(=O)Nc2nc(-c3ccccc3)cs2)c1. The molecular weight excluding hydrogens is 320 g/mol. The molecule has 0 radical (unpaired) electrons. The van der Waals surface area contributed by atoms with Crippen molar-refractivity contribution >= 4 is 22.4 Å². The lowest BCUT2D eigenvalue weighted by Gasteiger charge is -2.04. The molecular formula is C19H18N2O2S. The number of thiazole rings is 1. The Morgan fingerprint density at radius 1 is 1.17 bits per heavy atom. The zero-order valence-corrected chi connectivity index (χ0v) is 14.2. The van der Waals surface area contributed by atoms with Crippen LogP contribution in [0.1, 0.15) is 12.0 Å². The number of methoxy groups -OCH3 is 1. The molecule has 0 unspecified atom stereocenters. The first-order valence-corrected chi connectivity index (χ1v) is 8.56.